The van der Waals surface area contributed by atoms with Crippen molar-refractivity contribution in [3.05, 3.63) is 83.6 Å². The van der Waals surface area contributed by atoms with Crippen LogP contribution in [0.5, 0.6) is 0 Å². The van der Waals surface area contributed by atoms with Crippen molar-refractivity contribution in [1.82, 2.24) is 5.48 Å². The molecule has 286 valence electrons. The van der Waals surface area contributed by atoms with Crippen LogP contribution in [0.1, 0.15) is 84.3 Å². The van der Waals surface area contributed by atoms with Crippen LogP contribution in [-0.4, -0.2) is 68.7 Å². The first-order chi connectivity index (χ1) is 24.8. The largest absolute Gasteiger partial charge is 0.370 e. The van der Waals surface area contributed by atoms with Crippen LogP contribution in [0.3, 0.4) is 0 Å². The predicted octanol–water partition coefficient (Wildman–Crippen LogP) is 5.37. The third kappa shape index (κ3) is 8.34. The van der Waals surface area contributed by atoms with Crippen molar-refractivity contribution in [2.24, 2.45) is 0 Å². The van der Waals surface area contributed by atoms with Gasteiger partial charge in [0.1, 0.15) is 0 Å². The standard InChI is InChI=1S/C38H47N3O10S2/c1-6-40-29-18-16-25(52(45,46)47)23-27(29)37(2,3)33(40)13-9-7-10-14-34-38(4,5)28-24-26(53(48,49)50)17-19-30(28)41(34)22-12-8-11-15-35(44)51-39-36-31(42)20-21-32(36)43/h7,9-10,13-14,16-19,23-24,33,36,39H,6,8,11-12,15,20-22H2,1-5H3,(H,45,46,47)(H,48,49,50)/b10-7+,13-9+,34-14+. The van der Waals surface area contributed by atoms with Crippen LogP contribution in [0, 0.1) is 0 Å². The first kappa shape index (κ1) is 40.0. The van der Waals surface area contributed by atoms with Gasteiger partial charge in [-0.1, -0.05) is 58.4 Å². The van der Waals surface area contributed by atoms with Gasteiger partial charge in [-0.3, -0.25) is 23.5 Å². The summed E-state index contributed by atoms with van der Waals surface area (Å²) in [5.74, 6) is -1.14. The zero-order valence-corrected chi connectivity index (χ0v) is 32.2. The van der Waals surface area contributed by atoms with E-state index >= 15 is 0 Å². The summed E-state index contributed by atoms with van der Waals surface area (Å²) in [6.07, 6.45) is 12.0. The molecule has 0 radical (unpaired) electrons. The Morgan fingerprint density at radius 1 is 0.868 bits per heavy atom. The number of anilines is 2. The Bertz CT molecular complexity index is 2090. The van der Waals surface area contributed by atoms with Crippen LogP contribution in [0.15, 0.2) is 82.3 Å². The number of carbonyl (C=O) groups is 3. The molecule has 1 fully saturated rings. The van der Waals surface area contributed by atoms with E-state index in [4.69, 9.17) is 4.84 Å². The van der Waals surface area contributed by atoms with Crippen LogP contribution < -0.4 is 15.3 Å². The third-order valence-corrected chi connectivity index (χ3v) is 12.1. The Morgan fingerprint density at radius 2 is 1.47 bits per heavy atom. The highest BCUT2D eigenvalue weighted by molar-refractivity contribution is 7.86. The Kier molecular flexibility index (Phi) is 11.6. The van der Waals surface area contributed by atoms with E-state index in [1.807, 2.05) is 58.9 Å². The molecular weight excluding hydrogens is 723 g/mol. The number of hydrogen-bond donors (Lipinski definition) is 3. The molecule has 53 heavy (non-hydrogen) atoms. The summed E-state index contributed by atoms with van der Waals surface area (Å²) in [6.45, 7) is 11.3. The zero-order valence-electron chi connectivity index (χ0n) is 30.5. The number of ketones is 2. The van der Waals surface area contributed by atoms with Gasteiger partial charge >= 0.3 is 5.97 Å². The summed E-state index contributed by atoms with van der Waals surface area (Å²) in [6, 6.07) is 8.05. The number of hydroxylamine groups is 1. The molecule has 2 aliphatic heterocycles. The van der Waals surface area contributed by atoms with Crippen LogP contribution in [0.4, 0.5) is 11.4 Å². The summed E-state index contributed by atoms with van der Waals surface area (Å²) in [5, 5.41) is 0. The van der Waals surface area contributed by atoms with Crippen molar-refractivity contribution >= 4 is 49.1 Å². The minimum absolute atomic E-state index is 0.0969. The first-order valence-electron chi connectivity index (χ1n) is 17.6. The van der Waals surface area contributed by atoms with Crippen molar-refractivity contribution in [2.75, 3.05) is 22.9 Å². The second-order valence-corrected chi connectivity index (χ2v) is 17.5. The molecule has 1 saturated carbocycles. The van der Waals surface area contributed by atoms with Crippen molar-refractivity contribution in [2.45, 2.75) is 106 Å². The van der Waals surface area contributed by atoms with Crippen LogP contribution >= 0.6 is 0 Å². The van der Waals surface area contributed by atoms with Crippen molar-refractivity contribution in [1.29, 1.82) is 0 Å². The second kappa shape index (κ2) is 15.3. The number of rotatable bonds is 14. The van der Waals surface area contributed by atoms with Crippen LogP contribution in [-0.2, 0) is 50.3 Å². The van der Waals surface area contributed by atoms with Crippen molar-refractivity contribution in [3.63, 3.8) is 0 Å². The maximum absolute atomic E-state index is 12.2. The lowest BCUT2D eigenvalue weighted by molar-refractivity contribution is -0.154. The summed E-state index contributed by atoms with van der Waals surface area (Å²) in [7, 11) is -8.78. The van der Waals surface area contributed by atoms with Crippen molar-refractivity contribution in [3.8, 4) is 0 Å². The number of carbonyl (C=O) groups excluding carboxylic acids is 3. The monoisotopic (exact) mass is 769 g/mol. The Balaban J connectivity index is 1.30. The van der Waals surface area contributed by atoms with E-state index in [9.17, 15) is 40.3 Å². The van der Waals surface area contributed by atoms with E-state index in [-0.39, 0.29) is 46.7 Å². The van der Waals surface area contributed by atoms with E-state index < -0.39 is 43.1 Å². The van der Waals surface area contributed by atoms with Gasteiger partial charge in [-0.25, -0.2) is 0 Å². The highest BCUT2D eigenvalue weighted by Gasteiger charge is 2.43. The van der Waals surface area contributed by atoms with Gasteiger partial charge in [-0.2, -0.15) is 16.8 Å². The number of nitrogens with zero attached hydrogens (tertiary/aromatic N) is 2. The predicted molar refractivity (Wildman–Crippen MR) is 200 cm³/mol. The summed E-state index contributed by atoms with van der Waals surface area (Å²) in [5.41, 5.74) is 5.38. The van der Waals surface area contributed by atoms with Gasteiger partial charge in [0.05, 0.1) is 15.8 Å². The molecule has 0 bridgehead atoms. The Morgan fingerprint density at radius 3 is 2.08 bits per heavy atom. The number of Topliss-reactive ketones (excluding diaryl/α,β-unsaturated/α-hetero) is 2. The van der Waals surface area contributed by atoms with Gasteiger partial charge in [0, 0.05) is 60.3 Å². The zero-order chi connectivity index (χ0) is 38.9. The molecule has 15 heteroatoms. The molecular formula is C38H47N3O10S2. The number of benzene rings is 2. The number of nitrogens with one attached hydrogen (secondary N) is 1. The summed E-state index contributed by atoms with van der Waals surface area (Å²) in [4.78, 5) is 44.7. The van der Waals surface area contributed by atoms with Gasteiger partial charge in [0.2, 0.25) is 0 Å². The maximum atomic E-state index is 12.2. The minimum atomic E-state index is -4.43. The van der Waals surface area contributed by atoms with Crippen LogP contribution in [0.2, 0.25) is 0 Å². The molecule has 2 heterocycles. The van der Waals surface area contributed by atoms with Crippen LogP contribution in [0.25, 0.3) is 0 Å². The Labute approximate surface area is 311 Å². The molecule has 0 amide bonds. The number of hydrogen-bond acceptors (Lipinski definition) is 11. The molecule has 3 aliphatic rings. The van der Waals surface area contributed by atoms with E-state index in [0.717, 1.165) is 28.2 Å². The topological polar surface area (TPSA) is 188 Å². The first-order valence-corrected chi connectivity index (χ1v) is 20.5. The van der Waals surface area contributed by atoms with E-state index in [1.54, 1.807) is 12.1 Å². The lowest BCUT2D eigenvalue weighted by atomic mass is 9.80. The number of fused-ring (bicyclic) bond motifs is 2. The summed E-state index contributed by atoms with van der Waals surface area (Å²) >= 11 is 0. The third-order valence-electron chi connectivity index (χ3n) is 10.4. The van der Waals surface area contributed by atoms with Gasteiger partial charge in [-0.15, -0.1) is 5.48 Å². The molecule has 1 aliphatic carbocycles. The normalized spacial score (nSPS) is 20.7. The molecule has 0 saturated heterocycles. The minimum Gasteiger partial charge on any atom is -0.370 e. The van der Waals surface area contributed by atoms with E-state index in [2.05, 4.69) is 21.4 Å². The number of allylic oxidation sites excluding steroid dienone is 5. The smallest absolute Gasteiger partial charge is 0.324 e. The lowest BCUT2D eigenvalue weighted by Crippen LogP contribution is -2.39. The fourth-order valence-corrected chi connectivity index (χ4v) is 8.54. The van der Waals surface area contributed by atoms with Gasteiger partial charge < -0.3 is 14.6 Å². The van der Waals surface area contributed by atoms with Gasteiger partial charge in [-0.05, 0) is 73.4 Å². The Hall–Kier alpha value is -4.15. The molecule has 13 nitrogen and oxygen atoms in total. The molecule has 1 unspecified atom stereocenters. The fourth-order valence-electron chi connectivity index (χ4n) is 7.53. The molecule has 1 atom stereocenters. The SMILES string of the molecule is CCN1c2ccc(S(=O)(=O)O)cc2C(C)(C)C1/C=C/C=C/C=C1/N(CCCCCC(=O)ONC2C(=O)CCC2=O)c2ccc(S(=O)(=O)O)cc2C1(C)C. The summed E-state index contributed by atoms with van der Waals surface area (Å²) < 4.78 is 67.2. The maximum Gasteiger partial charge on any atom is 0.324 e. The average molecular weight is 770 g/mol. The quantitative estimate of drug-likeness (QED) is 0.0733. The highest BCUT2D eigenvalue weighted by atomic mass is 32.2. The molecule has 0 aromatic heterocycles. The molecule has 5 rings (SSSR count). The van der Waals surface area contributed by atoms with Gasteiger partial charge in [0.25, 0.3) is 20.2 Å². The number of likely N-dealkylation sites (N-methyl/N-ethyl adjacent to an activating group) is 1. The molecule has 0 spiro atoms. The van der Waals surface area contributed by atoms with E-state index in [1.165, 1.54) is 24.3 Å². The highest BCUT2D eigenvalue weighted by Crippen LogP contribution is 2.49. The number of unbranched alkanes of at least 4 members (excludes halogenated alkanes) is 2. The van der Waals surface area contributed by atoms with Crippen molar-refractivity contribution < 1.29 is 45.2 Å². The molecule has 3 N–H and O–H groups in total. The molecule has 2 aromatic carbocycles. The lowest BCUT2D eigenvalue weighted by Gasteiger charge is -2.31. The van der Waals surface area contributed by atoms with E-state index in [0.29, 0.717) is 32.4 Å². The molecule has 2 aromatic rings. The van der Waals surface area contributed by atoms with Gasteiger partial charge in [0.15, 0.2) is 17.6 Å². The fraction of sp³-hybridized carbons (Fsp3) is 0.447. The average Bonchev–Trinajstić information content (AvgIpc) is 3.60. The second-order valence-electron chi connectivity index (χ2n) is 14.6.